The molecule has 5 heteroatoms. The van der Waals surface area contributed by atoms with Gasteiger partial charge in [-0.3, -0.25) is 4.79 Å². The van der Waals surface area contributed by atoms with E-state index in [0.29, 0.717) is 17.2 Å². The van der Waals surface area contributed by atoms with Gasteiger partial charge in [0.25, 0.3) is 0 Å². The van der Waals surface area contributed by atoms with Gasteiger partial charge in [0, 0.05) is 4.88 Å². The van der Waals surface area contributed by atoms with Gasteiger partial charge in [-0.25, -0.2) is 4.79 Å². The number of thiophene rings is 1. The minimum atomic E-state index is -0.335. The third kappa shape index (κ3) is 2.87. The molecule has 1 heterocycles. The first-order chi connectivity index (χ1) is 9.17. The summed E-state index contributed by atoms with van der Waals surface area (Å²) in [5, 5.41) is 3.39. The smallest absolute Gasteiger partial charge is 0.341 e. The lowest BCUT2D eigenvalue weighted by Crippen LogP contribution is -2.13. The first-order valence-corrected chi connectivity index (χ1v) is 7.24. The third-order valence-electron chi connectivity index (χ3n) is 2.96. The van der Waals surface area contributed by atoms with E-state index in [9.17, 15) is 9.59 Å². The molecule has 0 saturated heterocycles. The molecule has 1 aromatic rings. The van der Waals surface area contributed by atoms with E-state index in [0.717, 1.165) is 24.8 Å². The molecule has 0 saturated carbocycles. The lowest BCUT2D eigenvalue weighted by Gasteiger charge is -2.06. The van der Waals surface area contributed by atoms with Crippen LogP contribution in [0.1, 0.15) is 41.1 Å². The van der Waals surface area contributed by atoms with Crippen molar-refractivity contribution in [1.29, 1.82) is 0 Å². The molecule has 1 N–H and O–H groups in total. The highest BCUT2D eigenvalue weighted by Gasteiger charge is 2.27. The highest BCUT2D eigenvalue weighted by Crippen LogP contribution is 2.39. The molecule has 0 spiro atoms. The fourth-order valence-corrected chi connectivity index (χ4v) is 3.50. The minimum Gasteiger partial charge on any atom is -0.462 e. The molecule has 4 nitrogen and oxygen atoms in total. The number of carbonyl (C=O) groups excluding carboxylic acids is 2. The fourth-order valence-electron chi connectivity index (χ4n) is 2.22. The molecular weight excluding hydrogens is 262 g/mol. The number of hydrogen-bond acceptors (Lipinski definition) is 4. The molecule has 0 aromatic carbocycles. The van der Waals surface area contributed by atoms with Crippen molar-refractivity contribution in [2.24, 2.45) is 0 Å². The van der Waals surface area contributed by atoms with Gasteiger partial charge in [-0.2, -0.15) is 0 Å². The maximum Gasteiger partial charge on any atom is 0.341 e. The summed E-state index contributed by atoms with van der Waals surface area (Å²) in [5.41, 5.74) is 1.61. The van der Waals surface area contributed by atoms with Crippen molar-refractivity contribution >= 4 is 28.2 Å². The van der Waals surface area contributed by atoms with Crippen LogP contribution < -0.4 is 5.32 Å². The summed E-state index contributed by atoms with van der Waals surface area (Å²) in [6.45, 7) is 3.90. The van der Waals surface area contributed by atoms with E-state index in [1.165, 1.54) is 22.3 Å². The summed E-state index contributed by atoms with van der Waals surface area (Å²) in [6.07, 6.45) is 6.04. The second kappa shape index (κ2) is 6.02. The van der Waals surface area contributed by atoms with Gasteiger partial charge in [0.05, 0.1) is 12.2 Å². The zero-order valence-electron chi connectivity index (χ0n) is 11.1. The predicted molar refractivity (Wildman–Crippen MR) is 75.7 cm³/mol. The Balaban J connectivity index is 2.32. The topological polar surface area (TPSA) is 55.4 Å². The minimum absolute atomic E-state index is 0.215. The Labute approximate surface area is 116 Å². The highest BCUT2D eigenvalue weighted by atomic mass is 32.1. The standard InChI is InChI=1S/C14H17NO3S/c1-3-6-11(16)15-13-12(14(17)18-4-2)9-7-5-8-10(9)19-13/h3,6H,4-5,7-8H2,1-2H3,(H,15,16)/b6-3+. The Morgan fingerprint density at radius 1 is 1.42 bits per heavy atom. The summed E-state index contributed by atoms with van der Waals surface area (Å²) in [4.78, 5) is 24.9. The van der Waals surface area contributed by atoms with E-state index < -0.39 is 0 Å². The number of ether oxygens (including phenoxy) is 1. The van der Waals surface area contributed by atoms with Crippen LogP contribution >= 0.6 is 11.3 Å². The number of amides is 1. The van der Waals surface area contributed by atoms with Crippen LogP contribution in [0.3, 0.4) is 0 Å². The number of aryl methyl sites for hydroxylation is 1. The summed E-state index contributed by atoms with van der Waals surface area (Å²) in [5.74, 6) is -0.550. The number of fused-ring (bicyclic) bond motifs is 1. The van der Waals surface area contributed by atoms with Gasteiger partial charge in [0.1, 0.15) is 5.00 Å². The van der Waals surface area contributed by atoms with Crippen molar-refractivity contribution in [2.45, 2.75) is 33.1 Å². The van der Waals surface area contributed by atoms with E-state index in [1.54, 1.807) is 19.9 Å². The van der Waals surface area contributed by atoms with Crippen molar-refractivity contribution in [3.8, 4) is 0 Å². The normalized spacial score (nSPS) is 13.6. The Kier molecular flexibility index (Phi) is 4.37. The van der Waals surface area contributed by atoms with Crippen LogP contribution in [-0.4, -0.2) is 18.5 Å². The lowest BCUT2D eigenvalue weighted by molar-refractivity contribution is -0.111. The molecule has 0 aliphatic heterocycles. The summed E-state index contributed by atoms with van der Waals surface area (Å²) < 4.78 is 5.09. The van der Waals surface area contributed by atoms with Crippen LogP contribution in [-0.2, 0) is 22.4 Å². The molecule has 19 heavy (non-hydrogen) atoms. The molecule has 1 aliphatic carbocycles. The second-order valence-corrected chi connectivity index (χ2v) is 5.38. The highest BCUT2D eigenvalue weighted by molar-refractivity contribution is 7.17. The third-order valence-corrected chi connectivity index (χ3v) is 4.16. The van der Waals surface area contributed by atoms with Crippen LogP contribution in [0.2, 0.25) is 0 Å². The van der Waals surface area contributed by atoms with Gasteiger partial charge in [-0.1, -0.05) is 6.08 Å². The van der Waals surface area contributed by atoms with Gasteiger partial charge in [0.15, 0.2) is 0 Å². The van der Waals surface area contributed by atoms with Crippen molar-refractivity contribution < 1.29 is 14.3 Å². The van der Waals surface area contributed by atoms with Gasteiger partial charge in [-0.15, -0.1) is 11.3 Å². The molecule has 0 radical (unpaired) electrons. The van der Waals surface area contributed by atoms with Crippen LogP contribution in [0.5, 0.6) is 0 Å². The zero-order chi connectivity index (χ0) is 13.8. The van der Waals surface area contributed by atoms with E-state index in [4.69, 9.17) is 4.74 Å². The van der Waals surface area contributed by atoms with Gasteiger partial charge < -0.3 is 10.1 Å². The molecule has 0 fully saturated rings. The quantitative estimate of drug-likeness (QED) is 0.681. The van der Waals surface area contributed by atoms with E-state index in [-0.39, 0.29) is 11.9 Å². The summed E-state index contributed by atoms with van der Waals surface area (Å²) in [6, 6.07) is 0. The molecule has 1 amide bonds. The molecule has 2 rings (SSSR count). The number of hydrogen-bond donors (Lipinski definition) is 1. The number of allylic oxidation sites excluding steroid dienone is 1. The summed E-state index contributed by atoms with van der Waals surface area (Å²) >= 11 is 1.49. The zero-order valence-corrected chi connectivity index (χ0v) is 11.9. The van der Waals surface area contributed by atoms with E-state index in [1.807, 2.05) is 0 Å². The number of anilines is 1. The van der Waals surface area contributed by atoms with Gasteiger partial charge in [-0.05, 0) is 44.7 Å². The number of rotatable bonds is 4. The van der Waals surface area contributed by atoms with Crippen LogP contribution in [0, 0.1) is 0 Å². The van der Waals surface area contributed by atoms with Crippen molar-refractivity contribution in [3.63, 3.8) is 0 Å². The van der Waals surface area contributed by atoms with E-state index in [2.05, 4.69) is 5.32 Å². The first-order valence-electron chi connectivity index (χ1n) is 6.42. The number of carbonyl (C=O) groups is 2. The van der Waals surface area contributed by atoms with Crippen LogP contribution in [0.25, 0.3) is 0 Å². The molecule has 0 atom stereocenters. The molecule has 1 aliphatic rings. The molecule has 0 bridgehead atoms. The Morgan fingerprint density at radius 3 is 2.89 bits per heavy atom. The molecular formula is C14H17NO3S. The monoisotopic (exact) mass is 279 g/mol. The Morgan fingerprint density at radius 2 is 2.21 bits per heavy atom. The molecule has 102 valence electrons. The van der Waals surface area contributed by atoms with Crippen LogP contribution in [0.4, 0.5) is 5.00 Å². The Bertz CT molecular complexity index is 531. The molecule has 0 unspecified atom stereocenters. The Hall–Kier alpha value is -1.62. The number of esters is 1. The SMILES string of the molecule is C/C=C/C(=O)Nc1sc2c(c1C(=O)OCC)CCC2. The first kappa shape index (κ1) is 13.8. The fraction of sp³-hybridized carbons (Fsp3) is 0.429. The van der Waals surface area contributed by atoms with Crippen molar-refractivity contribution in [2.75, 3.05) is 11.9 Å². The second-order valence-electron chi connectivity index (χ2n) is 4.27. The van der Waals surface area contributed by atoms with Crippen molar-refractivity contribution in [3.05, 3.63) is 28.2 Å². The van der Waals surface area contributed by atoms with Gasteiger partial charge >= 0.3 is 5.97 Å². The maximum absolute atomic E-state index is 12.0. The summed E-state index contributed by atoms with van der Waals surface area (Å²) in [7, 11) is 0. The maximum atomic E-state index is 12.0. The average Bonchev–Trinajstić information content (AvgIpc) is 2.89. The predicted octanol–water partition coefficient (Wildman–Crippen LogP) is 2.93. The van der Waals surface area contributed by atoms with Crippen LogP contribution in [0.15, 0.2) is 12.2 Å². The average molecular weight is 279 g/mol. The van der Waals surface area contributed by atoms with Gasteiger partial charge in [0.2, 0.25) is 5.91 Å². The lowest BCUT2D eigenvalue weighted by atomic mass is 10.1. The largest absolute Gasteiger partial charge is 0.462 e. The van der Waals surface area contributed by atoms with Crippen molar-refractivity contribution in [1.82, 2.24) is 0 Å². The molecule has 1 aromatic heterocycles. The number of nitrogens with one attached hydrogen (secondary N) is 1. The van der Waals surface area contributed by atoms with E-state index >= 15 is 0 Å².